The minimum atomic E-state index is -0.424. The van der Waals surface area contributed by atoms with Crippen LogP contribution >= 0.6 is 11.3 Å². The summed E-state index contributed by atoms with van der Waals surface area (Å²) in [5.74, 6) is 1.85. The molecule has 1 saturated carbocycles. The van der Waals surface area contributed by atoms with Gasteiger partial charge in [-0.3, -0.25) is 9.69 Å². The lowest BCUT2D eigenvalue weighted by Crippen LogP contribution is -2.55. The van der Waals surface area contributed by atoms with Crippen molar-refractivity contribution < 1.29 is 14.3 Å². The second-order valence-electron chi connectivity index (χ2n) is 8.87. The van der Waals surface area contributed by atoms with Crippen LogP contribution < -0.4 is 9.47 Å². The summed E-state index contributed by atoms with van der Waals surface area (Å²) in [5, 5.41) is 3.37. The fraction of sp³-hybridized carbons (Fsp3) is 0.583. The molecule has 3 aliphatic rings. The Kier molecular flexibility index (Phi) is 5.89. The van der Waals surface area contributed by atoms with Gasteiger partial charge in [-0.15, -0.1) is 11.3 Å². The number of amides is 1. The van der Waals surface area contributed by atoms with Crippen LogP contribution in [0.25, 0.3) is 0 Å². The first-order chi connectivity index (χ1) is 15.2. The van der Waals surface area contributed by atoms with E-state index in [2.05, 4.69) is 34.2 Å². The van der Waals surface area contributed by atoms with Gasteiger partial charge in [-0.25, -0.2) is 4.98 Å². The first kappa shape index (κ1) is 20.8. The van der Waals surface area contributed by atoms with Crippen molar-refractivity contribution in [3.63, 3.8) is 0 Å². The zero-order valence-electron chi connectivity index (χ0n) is 18.3. The van der Waals surface area contributed by atoms with E-state index in [-0.39, 0.29) is 6.79 Å². The fourth-order valence-corrected chi connectivity index (χ4v) is 5.94. The molecule has 1 saturated heterocycles. The highest BCUT2D eigenvalue weighted by atomic mass is 32.1. The lowest BCUT2D eigenvalue weighted by atomic mass is 9.68. The van der Waals surface area contributed by atoms with E-state index in [4.69, 9.17) is 14.5 Å². The van der Waals surface area contributed by atoms with E-state index in [9.17, 15) is 4.79 Å². The second-order valence-corrected chi connectivity index (χ2v) is 9.81. The van der Waals surface area contributed by atoms with E-state index in [0.717, 1.165) is 87.6 Å². The molecular weight excluding hydrogens is 410 g/mol. The number of aryl methyl sites for hydroxylation is 1. The van der Waals surface area contributed by atoms with Crippen molar-refractivity contribution in [1.29, 1.82) is 0 Å². The summed E-state index contributed by atoms with van der Waals surface area (Å²) in [6, 6.07) is 6.10. The largest absolute Gasteiger partial charge is 0.454 e. The second kappa shape index (κ2) is 8.79. The molecule has 1 amide bonds. The Morgan fingerprint density at radius 3 is 2.61 bits per heavy atom. The van der Waals surface area contributed by atoms with Gasteiger partial charge in [-0.2, -0.15) is 0 Å². The van der Waals surface area contributed by atoms with Gasteiger partial charge in [0.15, 0.2) is 11.5 Å². The van der Waals surface area contributed by atoms with Gasteiger partial charge >= 0.3 is 0 Å². The normalized spacial score (nSPS) is 20.7. The van der Waals surface area contributed by atoms with E-state index < -0.39 is 5.41 Å². The molecule has 0 atom stereocenters. The standard InChI is InChI=1S/C24H31N3O3S/c1-2-22-25-19(16-31-22)15-26-10-12-27(13-11-26)23(28)24(8-4-3-5-9-24)18-6-7-20-21(14-18)30-17-29-20/h6-7,14,16H,2-5,8-13,15,17H2,1H3. The maximum absolute atomic E-state index is 13.9. The van der Waals surface area contributed by atoms with E-state index in [1.54, 1.807) is 11.3 Å². The Labute approximate surface area is 188 Å². The van der Waals surface area contributed by atoms with Crippen molar-refractivity contribution in [2.75, 3.05) is 33.0 Å². The molecule has 1 aliphatic carbocycles. The molecular formula is C24H31N3O3S. The molecule has 2 aliphatic heterocycles. The lowest BCUT2D eigenvalue weighted by Gasteiger charge is -2.43. The maximum Gasteiger partial charge on any atom is 0.233 e. The van der Waals surface area contributed by atoms with E-state index in [1.165, 1.54) is 11.4 Å². The number of nitrogens with zero attached hydrogens (tertiary/aromatic N) is 3. The number of carbonyl (C=O) groups is 1. The third-order valence-corrected chi connectivity index (χ3v) is 8.03. The molecule has 3 heterocycles. The average molecular weight is 442 g/mol. The molecule has 2 fully saturated rings. The van der Waals surface area contributed by atoms with Crippen LogP contribution in [0, 0.1) is 0 Å². The number of aromatic nitrogens is 1. The van der Waals surface area contributed by atoms with Crippen molar-refractivity contribution in [2.24, 2.45) is 0 Å². The van der Waals surface area contributed by atoms with Crippen molar-refractivity contribution >= 4 is 17.2 Å². The molecule has 31 heavy (non-hydrogen) atoms. The first-order valence-corrected chi connectivity index (χ1v) is 12.4. The predicted molar refractivity (Wildman–Crippen MR) is 121 cm³/mol. The summed E-state index contributed by atoms with van der Waals surface area (Å²) < 4.78 is 11.1. The Hall–Kier alpha value is -2.12. The Morgan fingerprint density at radius 1 is 1.10 bits per heavy atom. The minimum Gasteiger partial charge on any atom is -0.454 e. The lowest BCUT2D eigenvalue weighted by molar-refractivity contribution is -0.140. The van der Waals surface area contributed by atoms with Crippen LogP contribution in [0.5, 0.6) is 11.5 Å². The molecule has 0 unspecified atom stereocenters. The Morgan fingerprint density at radius 2 is 1.87 bits per heavy atom. The molecule has 5 rings (SSSR count). The summed E-state index contributed by atoms with van der Waals surface area (Å²) in [6.07, 6.45) is 6.25. The van der Waals surface area contributed by atoms with Crippen LogP contribution in [-0.4, -0.2) is 53.7 Å². The van der Waals surface area contributed by atoms with E-state index >= 15 is 0 Å². The zero-order chi connectivity index (χ0) is 21.3. The third-order valence-electron chi connectivity index (χ3n) is 6.99. The quantitative estimate of drug-likeness (QED) is 0.703. The molecule has 7 heteroatoms. The molecule has 0 radical (unpaired) electrons. The molecule has 1 aromatic heterocycles. The predicted octanol–water partition coefficient (Wildman–Crippen LogP) is 3.98. The van der Waals surface area contributed by atoms with Gasteiger partial charge in [0, 0.05) is 38.1 Å². The number of fused-ring (bicyclic) bond motifs is 1. The smallest absolute Gasteiger partial charge is 0.233 e. The fourth-order valence-electron chi connectivity index (χ4n) is 5.20. The van der Waals surface area contributed by atoms with Gasteiger partial charge in [0.05, 0.1) is 16.1 Å². The number of hydrogen-bond acceptors (Lipinski definition) is 6. The number of rotatable bonds is 5. The van der Waals surface area contributed by atoms with Crippen LogP contribution in [0.1, 0.15) is 55.3 Å². The van der Waals surface area contributed by atoms with Gasteiger partial charge in [0.1, 0.15) is 0 Å². The Bertz CT molecular complexity index is 930. The van der Waals surface area contributed by atoms with Crippen molar-refractivity contribution in [2.45, 2.75) is 57.4 Å². The number of carbonyl (C=O) groups excluding carboxylic acids is 1. The highest BCUT2D eigenvalue weighted by molar-refractivity contribution is 7.09. The number of hydrogen-bond donors (Lipinski definition) is 0. The molecule has 0 spiro atoms. The van der Waals surface area contributed by atoms with E-state index in [1.807, 2.05) is 6.07 Å². The number of thiazole rings is 1. The van der Waals surface area contributed by atoms with Crippen LogP contribution in [-0.2, 0) is 23.2 Å². The summed E-state index contributed by atoms with van der Waals surface area (Å²) in [6.45, 7) is 6.68. The topological polar surface area (TPSA) is 54.9 Å². The van der Waals surface area contributed by atoms with Crippen LogP contribution in [0.15, 0.2) is 23.6 Å². The average Bonchev–Trinajstić information content (AvgIpc) is 3.48. The monoisotopic (exact) mass is 441 g/mol. The first-order valence-electron chi connectivity index (χ1n) is 11.5. The molecule has 166 valence electrons. The summed E-state index contributed by atoms with van der Waals surface area (Å²) in [7, 11) is 0. The molecule has 0 N–H and O–H groups in total. The minimum absolute atomic E-state index is 0.264. The van der Waals surface area contributed by atoms with Gasteiger partial charge < -0.3 is 14.4 Å². The highest BCUT2D eigenvalue weighted by Crippen LogP contribution is 2.44. The summed E-state index contributed by atoms with van der Waals surface area (Å²) >= 11 is 1.75. The zero-order valence-corrected chi connectivity index (χ0v) is 19.1. The molecule has 1 aromatic carbocycles. The van der Waals surface area contributed by atoms with Crippen molar-refractivity contribution in [3.8, 4) is 11.5 Å². The molecule has 2 aromatic rings. The van der Waals surface area contributed by atoms with Crippen LogP contribution in [0.4, 0.5) is 0 Å². The number of piperazine rings is 1. The number of ether oxygens (including phenoxy) is 2. The third kappa shape index (κ3) is 4.05. The van der Waals surface area contributed by atoms with Gasteiger partial charge in [0.25, 0.3) is 0 Å². The van der Waals surface area contributed by atoms with Crippen molar-refractivity contribution in [1.82, 2.24) is 14.8 Å². The van der Waals surface area contributed by atoms with Gasteiger partial charge in [-0.05, 0) is 37.0 Å². The number of benzene rings is 1. The van der Waals surface area contributed by atoms with E-state index in [0.29, 0.717) is 5.91 Å². The highest BCUT2D eigenvalue weighted by Gasteiger charge is 2.44. The Balaban J connectivity index is 1.29. The van der Waals surface area contributed by atoms with Gasteiger partial charge in [-0.1, -0.05) is 32.3 Å². The van der Waals surface area contributed by atoms with Gasteiger partial charge in [0.2, 0.25) is 12.7 Å². The van der Waals surface area contributed by atoms with Crippen molar-refractivity contribution in [3.05, 3.63) is 39.8 Å². The SMILES string of the molecule is CCc1nc(CN2CCN(C(=O)C3(c4ccc5c(c4)OCO5)CCCCC3)CC2)cs1. The summed E-state index contributed by atoms with van der Waals surface area (Å²) in [4.78, 5) is 23.1. The maximum atomic E-state index is 13.9. The molecule has 6 nitrogen and oxygen atoms in total. The molecule has 0 bridgehead atoms. The van der Waals surface area contributed by atoms with Crippen LogP contribution in [0.2, 0.25) is 0 Å². The summed E-state index contributed by atoms with van der Waals surface area (Å²) in [5.41, 5.74) is 1.83. The van der Waals surface area contributed by atoms with Crippen LogP contribution in [0.3, 0.4) is 0 Å².